The van der Waals surface area contributed by atoms with Gasteiger partial charge in [0.15, 0.2) is 0 Å². The van der Waals surface area contributed by atoms with Crippen LogP contribution >= 0.6 is 28.3 Å². The quantitative estimate of drug-likeness (QED) is 0.842. The molecule has 0 aromatic carbocycles. The van der Waals surface area contributed by atoms with Gasteiger partial charge in [-0.2, -0.15) is 5.10 Å². The molecule has 1 atom stereocenters. The molecule has 1 saturated heterocycles. The second-order valence-corrected chi connectivity index (χ2v) is 4.05. The lowest BCUT2D eigenvalue weighted by Crippen LogP contribution is -2.31. The van der Waals surface area contributed by atoms with E-state index in [4.69, 9.17) is 0 Å². The van der Waals surface area contributed by atoms with Gasteiger partial charge in [-0.15, -0.1) is 12.4 Å². The number of hydrogen-bond donors (Lipinski definition) is 1. The Morgan fingerprint density at radius 1 is 1.62 bits per heavy atom. The molecule has 0 unspecified atom stereocenters. The van der Waals surface area contributed by atoms with Crippen molar-refractivity contribution in [2.75, 3.05) is 13.1 Å². The van der Waals surface area contributed by atoms with E-state index in [1.54, 1.807) is 0 Å². The molecule has 1 aromatic rings. The monoisotopic (exact) mass is 265 g/mol. The summed E-state index contributed by atoms with van der Waals surface area (Å²) in [5.41, 5.74) is 0. The van der Waals surface area contributed by atoms with E-state index < -0.39 is 0 Å². The van der Waals surface area contributed by atoms with Crippen molar-refractivity contribution >= 4 is 28.3 Å². The molecule has 2 heterocycles. The smallest absolute Gasteiger partial charge is 0.0644 e. The van der Waals surface area contributed by atoms with E-state index in [0.29, 0.717) is 6.04 Å². The molecule has 0 bridgehead atoms. The highest BCUT2D eigenvalue weighted by Gasteiger charge is 2.14. The highest BCUT2D eigenvalue weighted by Crippen LogP contribution is 2.17. The Hall–Kier alpha value is -0.0600. The standard InChI is InChI=1S/C8H12BrN3.ClH/c9-7-4-11-12(6-7)8-2-1-3-10-5-8;/h4,6,8,10H,1-3,5H2;1H/t8-;/m1./s1. The molecule has 1 fully saturated rings. The van der Waals surface area contributed by atoms with Crippen molar-refractivity contribution in [2.24, 2.45) is 0 Å². The number of nitrogens with one attached hydrogen (secondary N) is 1. The molecule has 5 heteroatoms. The van der Waals surface area contributed by atoms with E-state index in [9.17, 15) is 0 Å². The van der Waals surface area contributed by atoms with Crippen LogP contribution in [-0.2, 0) is 0 Å². The third kappa shape index (κ3) is 2.69. The topological polar surface area (TPSA) is 29.9 Å². The number of hydrogen-bond acceptors (Lipinski definition) is 2. The van der Waals surface area contributed by atoms with Crippen molar-refractivity contribution in [3.8, 4) is 0 Å². The van der Waals surface area contributed by atoms with Gasteiger partial charge in [-0.1, -0.05) is 0 Å². The molecule has 1 N–H and O–H groups in total. The Balaban J connectivity index is 0.000000845. The number of halogens is 2. The van der Waals surface area contributed by atoms with E-state index in [1.165, 1.54) is 12.8 Å². The summed E-state index contributed by atoms with van der Waals surface area (Å²) >= 11 is 3.40. The molecule has 74 valence electrons. The average molecular weight is 267 g/mol. The van der Waals surface area contributed by atoms with E-state index in [0.717, 1.165) is 17.6 Å². The van der Waals surface area contributed by atoms with Crippen LogP contribution < -0.4 is 5.32 Å². The van der Waals surface area contributed by atoms with Crippen LogP contribution in [0.2, 0.25) is 0 Å². The second-order valence-electron chi connectivity index (χ2n) is 3.14. The van der Waals surface area contributed by atoms with Crippen molar-refractivity contribution < 1.29 is 0 Å². The highest BCUT2D eigenvalue weighted by atomic mass is 79.9. The van der Waals surface area contributed by atoms with Gasteiger partial charge < -0.3 is 5.32 Å². The Labute approximate surface area is 92.4 Å². The molecule has 0 amide bonds. The minimum atomic E-state index is 0. The molecular weight excluding hydrogens is 253 g/mol. The molecule has 0 radical (unpaired) electrons. The van der Waals surface area contributed by atoms with Crippen molar-refractivity contribution in [1.82, 2.24) is 15.1 Å². The Morgan fingerprint density at radius 2 is 2.46 bits per heavy atom. The molecule has 13 heavy (non-hydrogen) atoms. The maximum absolute atomic E-state index is 4.27. The molecule has 1 aliphatic rings. The zero-order valence-electron chi connectivity index (χ0n) is 7.24. The predicted octanol–water partition coefficient (Wildman–Crippen LogP) is 1.99. The fourth-order valence-corrected chi connectivity index (χ4v) is 1.88. The van der Waals surface area contributed by atoms with Gasteiger partial charge in [-0.3, -0.25) is 4.68 Å². The van der Waals surface area contributed by atoms with Crippen LogP contribution in [0.1, 0.15) is 18.9 Å². The first-order valence-corrected chi connectivity index (χ1v) is 5.06. The predicted molar refractivity (Wildman–Crippen MR) is 58.3 cm³/mol. The lowest BCUT2D eigenvalue weighted by atomic mass is 10.1. The molecule has 1 aliphatic heterocycles. The van der Waals surface area contributed by atoms with Gasteiger partial charge in [-0.05, 0) is 35.3 Å². The van der Waals surface area contributed by atoms with E-state index in [1.807, 2.05) is 17.1 Å². The van der Waals surface area contributed by atoms with E-state index in [-0.39, 0.29) is 12.4 Å². The SMILES string of the molecule is Brc1cnn([C@@H]2CCCNC2)c1.Cl. The Bertz CT molecular complexity index is 258. The molecule has 3 nitrogen and oxygen atoms in total. The van der Waals surface area contributed by atoms with Crippen LogP contribution in [0, 0.1) is 0 Å². The van der Waals surface area contributed by atoms with Crippen LogP contribution in [-0.4, -0.2) is 22.9 Å². The average Bonchev–Trinajstić information content (AvgIpc) is 2.54. The van der Waals surface area contributed by atoms with Crippen molar-refractivity contribution in [1.29, 1.82) is 0 Å². The van der Waals surface area contributed by atoms with Crippen LogP contribution in [0.15, 0.2) is 16.9 Å². The molecule has 0 saturated carbocycles. The van der Waals surface area contributed by atoms with Gasteiger partial charge in [-0.25, -0.2) is 0 Å². The summed E-state index contributed by atoms with van der Waals surface area (Å²) in [5.74, 6) is 0. The van der Waals surface area contributed by atoms with Crippen molar-refractivity contribution in [3.63, 3.8) is 0 Å². The maximum atomic E-state index is 4.27. The first-order valence-electron chi connectivity index (χ1n) is 4.26. The van der Waals surface area contributed by atoms with Gasteiger partial charge in [0.1, 0.15) is 0 Å². The van der Waals surface area contributed by atoms with Crippen molar-refractivity contribution in [2.45, 2.75) is 18.9 Å². The first-order chi connectivity index (χ1) is 5.86. The minimum absolute atomic E-state index is 0. The van der Waals surface area contributed by atoms with Crippen molar-refractivity contribution in [3.05, 3.63) is 16.9 Å². The lowest BCUT2D eigenvalue weighted by molar-refractivity contribution is 0.346. The Kier molecular flexibility index (Phi) is 4.22. The van der Waals surface area contributed by atoms with Crippen LogP contribution in [0.5, 0.6) is 0 Å². The summed E-state index contributed by atoms with van der Waals surface area (Å²) in [6.07, 6.45) is 6.37. The number of aromatic nitrogens is 2. The highest BCUT2D eigenvalue weighted by molar-refractivity contribution is 9.10. The van der Waals surface area contributed by atoms with Crippen LogP contribution in [0.4, 0.5) is 0 Å². The number of nitrogens with zero attached hydrogens (tertiary/aromatic N) is 2. The summed E-state index contributed by atoms with van der Waals surface area (Å²) < 4.78 is 3.10. The molecular formula is C8H13BrClN3. The zero-order chi connectivity index (χ0) is 8.39. The first kappa shape index (κ1) is 11.0. The van der Waals surface area contributed by atoms with Gasteiger partial charge in [0.25, 0.3) is 0 Å². The lowest BCUT2D eigenvalue weighted by Gasteiger charge is -2.22. The number of rotatable bonds is 1. The van der Waals surface area contributed by atoms with Gasteiger partial charge in [0.05, 0.1) is 16.7 Å². The summed E-state index contributed by atoms with van der Waals surface area (Å²) in [6, 6.07) is 0.546. The van der Waals surface area contributed by atoms with E-state index in [2.05, 4.69) is 26.3 Å². The van der Waals surface area contributed by atoms with Crippen LogP contribution in [0.25, 0.3) is 0 Å². The van der Waals surface area contributed by atoms with Gasteiger partial charge in [0, 0.05) is 12.7 Å². The van der Waals surface area contributed by atoms with Crippen LogP contribution in [0.3, 0.4) is 0 Å². The second kappa shape index (κ2) is 4.98. The molecule has 0 spiro atoms. The molecule has 1 aromatic heterocycles. The summed E-state index contributed by atoms with van der Waals surface area (Å²) in [4.78, 5) is 0. The largest absolute Gasteiger partial charge is 0.315 e. The molecule has 2 rings (SSSR count). The summed E-state index contributed by atoms with van der Waals surface area (Å²) in [6.45, 7) is 2.20. The molecule has 0 aliphatic carbocycles. The van der Waals surface area contributed by atoms with Gasteiger partial charge >= 0.3 is 0 Å². The zero-order valence-corrected chi connectivity index (χ0v) is 9.64. The van der Waals surface area contributed by atoms with E-state index >= 15 is 0 Å². The minimum Gasteiger partial charge on any atom is -0.315 e. The fraction of sp³-hybridized carbons (Fsp3) is 0.625. The maximum Gasteiger partial charge on any atom is 0.0644 e. The third-order valence-electron chi connectivity index (χ3n) is 2.21. The normalized spacial score (nSPS) is 22.4. The summed E-state index contributed by atoms with van der Waals surface area (Å²) in [5, 5.41) is 7.64. The third-order valence-corrected chi connectivity index (χ3v) is 2.62. The number of piperidine rings is 1. The van der Waals surface area contributed by atoms with Gasteiger partial charge in [0.2, 0.25) is 0 Å². The fourth-order valence-electron chi connectivity index (χ4n) is 1.57. The summed E-state index contributed by atoms with van der Waals surface area (Å²) in [7, 11) is 0. The Morgan fingerprint density at radius 3 is 3.00 bits per heavy atom.